The second-order valence-corrected chi connectivity index (χ2v) is 4.04. The molecule has 0 aliphatic carbocycles. The van der Waals surface area contributed by atoms with Gasteiger partial charge in [0.15, 0.2) is 0 Å². The second-order valence-electron chi connectivity index (χ2n) is 4.04. The normalized spacial score (nSPS) is 17.6. The van der Waals surface area contributed by atoms with Crippen molar-refractivity contribution in [3.05, 3.63) is 31.3 Å². The highest BCUT2D eigenvalue weighted by Crippen LogP contribution is 2.19. The lowest BCUT2D eigenvalue weighted by atomic mass is 10.2. The summed E-state index contributed by atoms with van der Waals surface area (Å²) in [6, 6.07) is 7.14. The molecule has 3 N–H and O–H groups in total. The molecule has 0 amide bonds. The van der Waals surface area contributed by atoms with E-state index in [1.807, 2.05) is 12.1 Å². The largest absolute Gasteiger partial charge is 0.465 e. The highest BCUT2D eigenvalue weighted by Gasteiger charge is 2.14. The molecule has 0 aromatic heterocycles. The van der Waals surface area contributed by atoms with Crippen molar-refractivity contribution < 1.29 is 15.3 Å². The van der Waals surface area contributed by atoms with Crippen LogP contribution >= 0.6 is 0 Å². The van der Waals surface area contributed by atoms with Gasteiger partial charge in [-0.2, -0.15) is 7.05 Å². The van der Waals surface area contributed by atoms with E-state index in [0.717, 1.165) is 31.9 Å². The van der Waals surface area contributed by atoms with Crippen LogP contribution in [0.25, 0.3) is 0 Å². The van der Waals surface area contributed by atoms with Crippen molar-refractivity contribution in [2.75, 3.05) is 36.3 Å². The van der Waals surface area contributed by atoms with Gasteiger partial charge in [-0.15, -0.1) is 5.23 Å². The smallest absolute Gasteiger partial charge is 0.0944 e. The van der Waals surface area contributed by atoms with Gasteiger partial charge in [0.1, 0.15) is 0 Å². The summed E-state index contributed by atoms with van der Waals surface area (Å²) >= 11 is 0. The number of quaternary nitrogens is 1. The Balaban J connectivity index is 2.04. The van der Waals surface area contributed by atoms with Crippen molar-refractivity contribution in [3.63, 3.8) is 0 Å². The molecule has 5 heteroatoms. The molecule has 88 valence electrons. The van der Waals surface area contributed by atoms with Crippen LogP contribution in [0.4, 0.5) is 11.4 Å². The standard InChI is InChI=1S/C11H17N3O2/c1-12-6-8-13(9-7-12)10-2-4-11(5-3-10)14(15)16/h2-5,12,15-16H,1,6-9H2. The highest BCUT2D eigenvalue weighted by atomic mass is 16.8. The molecule has 1 aliphatic rings. The Morgan fingerprint density at radius 1 is 1.12 bits per heavy atom. The molecule has 5 nitrogen and oxygen atoms in total. The first-order valence-electron chi connectivity index (χ1n) is 5.36. The summed E-state index contributed by atoms with van der Waals surface area (Å²) in [5.41, 5.74) is 1.48. The van der Waals surface area contributed by atoms with Crippen molar-refractivity contribution in [1.29, 1.82) is 0 Å². The van der Waals surface area contributed by atoms with Gasteiger partial charge >= 0.3 is 0 Å². The van der Waals surface area contributed by atoms with Crippen molar-refractivity contribution in [2.45, 2.75) is 0 Å². The zero-order valence-electron chi connectivity index (χ0n) is 9.13. The Hall–Kier alpha value is -1.30. The number of hydrogen-bond donors (Lipinski definition) is 3. The minimum absolute atomic E-state index is 0.127. The Bertz CT molecular complexity index is 332. The first-order valence-corrected chi connectivity index (χ1v) is 5.36. The van der Waals surface area contributed by atoms with Gasteiger partial charge in [0.25, 0.3) is 0 Å². The highest BCUT2D eigenvalue weighted by molar-refractivity contribution is 5.54. The molecule has 0 saturated carbocycles. The molecule has 0 atom stereocenters. The van der Waals surface area contributed by atoms with E-state index in [1.165, 1.54) is 4.90 Å². The van der Waals surface area contributed by atoms with Crippen LogP contribution in [0.3, 0.4) is 0 Å². The molecule has 1 fully saturated rings. The number of benzene rings is 1. The van der Waals surface area contributed by atoms with E-state index in [1.54, 1.807) is 12.1 Å². The van der Waals surface area contributed by atoms with Gasteiger partial charge < -0.3 is 9.80 Å². The van der Waals surface area contributed by atoms with E-state index in [2.05, 4.69) is 11.9 Å². The van der Waals surface area contributed by atoms with Crippen LogP contribution in [0.5, 0.6) is 0 Å². The number of nitrogens with one attached hydrogen (secondary N) is 1. The maximum atomic E-state index is 8.82. The van der Waals surface area contributed by atoms with Crippen molar-refractivity contribution >= 4 is 11.4 Å². The summed E-state index contributed by atoms with van der Waals surface area (Å²) in [6.45, 7) is 4.04. The minimum atomic E-state index is 0.127. The van der Waals surface area contributed by atoms with E-state index in [0.29, 0.717) is 5.69 Å². The van der Waals surface area contributed by atoms with Gasteiger partial charge in [-0.3, -0.25) is 10.4 Å². The first-order chi connectivity index (χ1) is 7.66. The fraction of sp³-hybridized carbons (Fsp3) is 0.364. The van der Waals surface area contributed by atoms with Gasteiger partial charge in [0, 0.05) is 5.69 Å². The van der Waals surface area contributed by atoms with Crippen LogP contribution in [-0.2, 0) is 0 Å². The average Bonchev–Trinajstić information content (AvgIpc) is 2.30. The number of anilines is 2. The third-order valence-electron chi connectivity index (χ3n) is 2.92. The molecule has 1 saturated heterocycles. The predicted octanol–water partition coefficient (Wildman–Crippen LogP) is -0.232. The fourth-order valence-electron chi connectivity index (χ4n) is 1.88. The second kappa shape index (κ2) is 4.69. The van der Waals surface area contributed by atoms with Crippen LogP contribution in [0.2, 0.25) is 0 Å². The van der Waals surface area contributed by atoms with Crippen LogP contribution < -0.4 is 15.0 Å². The predicted molar refractivity (Wildman–Crippen MR) is 60.8 cm³/mol. The zero-order valence-corrected chi connectivity index (χ0v) is 9.13. The Morgan fingerprint density at radius 2 is 1.69 bits per heavy atom. The van der Waals surface area contributed by atoms with Gasteiger partial charge in [-0.1, -0.05) is 0 Å². The molecule has 2 rings (SSSR count). The van der Waals surface area contributed by atoms with Gasteiger partial charge in [-0.25, -0.2) is 0 Å². The van der Waals surface area contributed by atoms with Crippen LogP contribution in [0.15, 0.2) is 24.3 Å². The lowest BCUT2D eigenvalue weighted by molar-refractivity contribution is -0.854. The van der Waals surface area contributed by atoms with Crippen molar-refractivity contribution in [2.24, 2.45) is 0 Å². The Kier molecular flexibility index (Phi) is 3.28. The first kappa shape index (κ1) is 11.2. The van der Waals surface area contributed by atoms with Gasteiger partial charge in [0.05, 0.1) is 31.9 Å². The van der Waals surface area contributed by atoms with Crippen LogP contribution in [-0.4, -0.2) is 36.6 Å². The Morgan fingerprint density at radius 3 is 2.19 bits per heavy atom. The number of nitrogens with zero attached hydrogens (tertiary/aromatic N) is 2. The van der Waals surface area contributed by atoms with Crippen molar-refractivity contribution in [3.8, 4) is 0 Å². The van der Waals surface area contributed by atoms with Gasteiger partial charge in [-0.05, 0) is 24.3 Å². The SMILES string of the molecule is [CH2-][NH+]1CCN(c2ccc(N(O)O)cc2)CC1. The molecule has 0 spiro atoms. The summed E-state index contributed by atoms with van der Waals surface area (Å²) in [6.07, 6.45) is 0. The van der Waals surface area contributed by atoms with Gasteiger partial charge in [0.2, 0.25) is 0 Å². The summed E-state index contributed by atoms with van der Waals surface area (Å²) < 4.78 is 0. The lowest BCUT2D eigenvalue weighted by Crippen LogP contribution is -3.10. The minimum Gasteiger partial charge on any atom is -0.465 e. The summed E-state index contributed by atoms with van der Waals surface area (Å²) in [4.78, 5) is 3.59. The van der Waals surface area contributed by atoms with Crippen molar-refractivity contribution in [1.82, 2.24) is 0 Å². The molecular formula is C11H17N3O2. The molecule has 16 heavy (non-hydrogen) atoms. The van der Waals surface area contributed by atoms with E-state index in [-0.39, 0.29) is 5.23 Å². The average molecular weight is 223 g/mol. The molecular weight excluding hydrogens is 206 g/mol. The molecule has 1 heterocycles. The summed E-state index contributed by atoms with van der Waals surface area (Å²) in [7, 11) is 3.98. The maximum absolute atomic E-state index is 8.82. The molecule has 1 aliphatic heterocycles. The number of hydrogen-bond acceptors (Lipinski definition) is 4. The third-order valence-corrected chi connectivity index (χ3v) is 2.92. The van der Waals surface area contributed by atoms with E-state index < -0.39 is 0 Å². The molecule has 0 bridgehead atoms. The summed E-state index contributed by atoms with van der Waals surface area (Å²) in [5, 5.41) is 17.8. The molecule has 1 aromatic carbocycles. The third kappa shape index (κ3) is 2.44. The molecule has 0 radical (unpaired) electrons. The number of piperazine rings is 1. The monoisotopic (exact) mass is 223 g/mol. The van der Waals surface area contributed by atoms with Crippen LogP contribution in [0, 0.1) is 7.05 Å². The maximum Gasteiger partial charge on any atom is 0.0944 e. The van der Waals surface area contributed by atoms with E-state index in [4.69, 9.17) is 10.4 Å². The number of rotatable bonds is 2. The zero-order chi connectivity index (χ0) is 11.5. The topological polar surface area (TPSA) is 51.4 Å². The summed E-state index contributed by atoms with van der Waals surface area (Å²) in [5.74, 6) is 0. The molecule has 0 unspecified atom stereocenters. The van der Waals surface area contributed by atoms with E-state index >= 15 is 0 Å². The van der Waals surface area contributed by atoms with Crippen LogP contribution in [0.1, 0.15) is 0 Å². The quantitative estimate of drug-likeness (QED) is 0.479. The Labute approximate surface area is 95.0 Å². The molecule has 1 aromatic rings. The fourth-order valence-corrected chi connectivity index (χ4v) is 1.88. The lowest BCUT2D eigenvalue weighted by Gasteiger charge is -2.35. The van der Waals surface area contributed by atoms with E-state index in [9.17, 15) is 0 Å².